The molecule has 4 heteroatoms. The van der Waals surface area contributed by atoms with Crippen molar-refractivity contribution in [2.75, 3.05) is 12.4 Å². The molecule has 0 fully saturated rings. The first-order valence-corrected chi connectivity index (χ1v) is 7.53. The fourth-order valence-corrected chi connectivity index (χ4v) is 2.68. The van der Waals surface area contributed by atoms with E-state index in [-0.39, 0.29) is 18.1 Å². The van der Waals surface area contributed by atoms with Crippen molar-refractivity contribution in [2.45, 2.75) is 19.1 Å². The summed E-state index contributed by atoms with van der Waals surface area (Å²) in [6.45, 7) is 1.77. The number of rotatable bonds is 5. The summed E-state index contributed by atoms with van der Waals surface area (Å²) in [7, 11) is 1.64. The Kier molecular flexibility index (Phi) is 4.33. The molecule has 0 aromatic heterocycles. The second kappa shape index (κ2) is 6.57. The number of hydrogen-bond donors (Lipinski definition) is 1. The third-order valence-electron chi connectivity index (χ3n) is 3.88. The zero-order valence-electron chi connectivity index (χ0n) is 13.2. The van der Waals surface area contributed by atoms with Crippen LogP contribution in [0.1, 0.15) is 18.5 Å². The fraction of sp³-hybridized carbons (Fsp3) is 0.211. The van der Waals surface area contributed by atoms with Crippen molar-refractivity contribution >= 4 is 11.7 Å². The highest BCUT2D eigenvalue weighted by molar-refractivity contribution is 5.90. The molecule has 3 rings (SSSR count). The summed E-state index contributed by atoms with van der Waals surface area (Å²) >= 11 is 0. The molecule has 2 atom stereocenters. The van der Waals surface area contributed by atoms with Gasteiger partial charge < -0.3 is 14.8 Å². The van der Waals surface area contributed by atoms with Crippen molar-refractivity contribution in [1.82, 2.24) is 0 Å². The van der Waals surface area contributed by atoms with Crippen LogP contribution < -0.4 is 10.1 Å². The molecule has 0 amide bonds. The van der Waals surface area contributed by atoms with Crippen LogP contribution >= 0.6 is 0 Å². The number of carbonyl (C=O) groups is 1. The Hall–Kier alpha value is -2.75. The number of hydrogen-bond acceptors (Lipinski definition) is 4. The first-order valence-electron chi connectivity index (χ1n) is 7.53. The lowest BCUT2D eigenvalue weighted by Crippen LogP contribution is -2.25. The van der Waals surface area contributed by atoms with Gasteiger partial charge >= 0.3 is 5.97 Å². The Balaban J connectivity index is 1.95. The first-order chi connectivity index (χ1) is 11.2. The van der Waals surface area contributed by atoms with E-state index in [0.29, 0.717) is 5.57 Å². The van der Waals surface area contributed by atoms with Crippen LogP contribution in [0, 0.1) is 0 Å². The highest BCUT2D eigenvalue weighted by atomic mass is 16.5. The smallest absolute Gasteiger partial charge is 0.334 e. The minimum Gasteiger partial charge on any atom is -0.495 e. The Morgan fingerprint density at radius 3 is 2.43 bits per heavy atom. The van der Waals surface area contributed by atoms with Gasteiger partial charge in [0.2, 0.25) is 0 Å². The highest BCUT2D eigenvalue weighted by Crippen LogP contribution is 2.33. The highest BCUT2D eigenvalue weighted by Gasteiger charge is 2.31. The van der Waals surface area contributed by atoms with Gasteiger partial charge in [-0.25, -0.2) is 4.79 Å². The van der Waals surface area contributed by atoms with E-state index >= 15 is 0 Å². The maximum absolute atomic E-state index is 11.8. The number of carbonyl (C=O) groups excluding carboxylic acids is 1. The normalized spacial score (nSPS) is 18.1. The van der Waals surface area contributed by atoms with Crippen molar-refractivity contribution < 1.29 is 14.3 Å². The van der Waals surface area contributed by atoms with Crippen LogP contribution in [0.25, 0.3) is 0 Å². The lowest BCUT2D eigenvalue weighted by Gasteiger charge is -2.25. The third kappa shape index (κ3) is 3.21. The van der Waals surface area contributed by atoms with Crippen LogP contribution in [0.2, 0.25) is 0 Å². The molecule has 1 aliphatic rings. The van der Waals surface area contributed by atoms with E-state index in [0.717, 1.165) is 17.0 Å². The van der Waals surface area contributed by atoms with E-state index in [9.17, 15) is 4.79 Å². The predicted molar refractivity (Wildman–Crippen MR) is 89.4 cm³/mol. The second-order valence-corrected chi connectivity index (χ2v) is 5.45. The largest absolute Gasteiger partial charge is 0.495 e. The fourth-order valence-electron chi connectivity index (χ4n) is 2.68. The van der Waals surface area contributed by atoms with Gasteiger partial charge in [0, 0.05) is 5.57 Å². The molecule has 1 N–H and O–H groups in total. The Morgan fingerprint density at radius 1 is 1.09 bits per heavy atom. The molecule has 0 saturated carbocycles. The Morgan fingerprint density at radius 2 is 1.78 bits per heavy atom. The number of cyclic esters (lactones) is 1. The summed E-state index contributed by atoms with van der Waals surface area (Å²) < 4.78 is 10.9. The van der Waals surface area contributed by atoms with Crippen LogP contribution in [0.3, 0.4) is 0 Å². The average molecular weight is 309 g/mol. The van der Waals surface area contributed by atoms with Gasteiger partial charge in [0.25, 0.3) is 0 Å². The van der Waals surface area contributed by atoms with Crippen LogP contribution in [0.5, 0.6) is 5.75 Å². The van der Waals surface area contributed by atoms with E-state index < -0.39 is 0 Å². The molecule has 0 bridgehead atoms. The molecule has 1 heterocycles. The molecule has 0 radical (unpaired) electrons. The molecular weight excluding hydrogens is 290 g/mol. The van der Waals surface area contributed by atoms with Crippen molar-refractivity contribution in [3.8, 4) is 5.75 Å². The third-order valence-corrected chi connectivity index (χ3v) is 3.88. The van der Waals surface area contributed by atoms with Gasteiger partial charge in [-0.15, -0.1) is 0 Å². The molecule has 0 unspecified atom stereocenters. The van der Waals surface area contributed by atoms with Gasteiger partial charge in [-0.1, -0.05) is 42.5 Å². The van der Waals surface area contributed by atoms with Crippen LogP contribution in [0.4, 0.5) is 5.69 Å². The number of ether oxygens (including phenoxy) is 2. The number of nitrogens with one attached hydrogen (secondary N) is 1. The van der Waals surface area contributed by atoms with Crippen molar-refractivity contribution in [3.05, 3.63) is 71.8 Å². The summed E-state index contributed by atoms with van der Waals surface area (Å²) in [4.78, 5) is 11.8. The van der Waals surface area contributed by atoms with Crippen LogP contribution in [-0.2, 0) is 9.53 Å². The maximum atomic E-state index is 11.8. The van der Waals surface area contributed by atoms with E-state index in [1.54, 1.807) is 14.0 Å². The summed E-state index contributed by atoms with van der Waals surface area (Å²) in [6.07, 6.45) is 1.51. The molecule has 2 aromatic carbocycles. The number of benzene rings is 2. The monoisotopic (exact) mass is 309 g/mol. The minimum atomic E-state index is -0.352. The van der Waals surface area contributed by atoms with Crippen molar-refractivity contribution in [3.63, 3.8) is 0 Å². The quantitative estimate of drug-likeness (QED) is 0.855. The molecule has 0 aliphatic carbocycles. The molecule has 1 aliphatic heterocycles. The van der Waals surface area contributed by atoms with Gasteiger partial charge in [-0.2, -0.15) is 0 Å². The van der Waals surface area contributed by atoms with E-state index in [4.69, 9.17) is 9.47 Å². The molecule has 4 nitrogen and oxygen atoms in total. The van der Waals surface area contributed by atoms with Gasteiger partial charge in [-0.05, 0) is 30.7 Å². The lowest BCUT2D eigenvalue weighted by molar-refractivity contribution is -0.140. The van der Waals surface area contributed by atoms with E-state index in [1.807, 2.05) is 60.7 Å². The van der Waals surface area contributed by atoms with Crippen LogP contribution in [0.15, 0.2) is 66.2 Å². The predicted octanol–water partition coefficient (Wildman–Crippen LogP) is 3.72. The van der Waals surface area contributed by atoms with Gasteiger partial charge in [0.1, 0.15) is 11.9 Å². The molecule has 0 saturated heterocycles. The SMILES string of the molecule is COc1ccccc1N[C@@H](c1ccccc1)[C@H]1C=C(C)C(=O)O1. The standard InChI is InChI=1S/C19H19NO3/c1-13-12-17(23-19(13)21)18(14-8-4-3-5-9-14)20-15-10-6-7-11-16(15)22-2/h3-12,17-18,20H,1-2H3/t17-,18+/m1/s1. The van der Waals surface area contributed by atoms with Crippen molar-refractivity contribution in [2.24, 2.45) is 0 Å². The minimum absolute atomic E-state index is 0.186. The lowest BCUT2D eigenvalue weighted by atomic mass is 10.00. The number of para-hydroxylation sites is 2. The van der Waals surface area contributed by atoms with E-state index in [1.165, 1.54) is 0 Å². The molecule has 23 heavy (non-hydrogen) atoms. The summed E-state index contributed by atoms with van der Waals surface area (Å²) in [5.74, 6) is 0.483. The zero-order valence-corrected chi connectivity index (χ0v) is 13.2. The topological polar surface area (TPSA) is 47.6 Å². The number of anilines is 1. The molecule has 118 valence electrons. The second-order valence-electron chi connectivity index (χ2n) is 5.45. The summed E-state index contributed by atoms with van der Waals surface area (Å²) in [6, 6.07) is 17.5. The zero-order chi connectivity index (χ0) is 16.2. The molecule has 0 spiro atoms. The maximum Gasteiger partial charge on any atom is 0.334 e. The van der Waals surface area contributed by atoms with Gasteiger partial charge in [0.15, 0.2) is 0 Å². The van der Waals surface area contributed by atoms with Crippen molar-refractivity contribution in [1.29, 1.82) is 0 Å². The number of esters is 1. The number of methoxy groups -OCH3 is 1. The van der Waals surface area contributed by atoms with Gasteiger partial charge in [-0.3, -0.25) is 0 Å². The average Bonchev–Trinajstić information content (AvgIpc) is 2.92. The summed E-state index contributed by atoms with van der Waals surface area (Å²) in [5, 5.41) is 3.45. The summed E-state index contributed by atoms with van der Waals surface area (Å²) in [5.41, 5.74) is 2.54. The molecular formula is C19H19NO3. The molecule has 2 aromatic rings. The van der Waals surface area contributed by atoms with Gasteiger partial charge in [0.05, 0.1) is 18.8 Å². The van der Waals surface area contributed by atoms with E-state index in [2.05, 4.69) is 5.32 Å². The van der Waals surface area contributed by atoms with Crippen LogP contribution in [-0.4, -0.2) is 19.2 Å². The Labute approximate surface area is 135 Å². The Bertz CT molecular complexity index is 724. The first kappa shape index (κ1) is 15.2.